The van der Waals surface area contributed by atoms with Crippen LogP contribution in [0.1, 0.15) is 34.1 Å². The fourth-order valence-electron chi connectivity index (χ4n) is 3.57. The minimum atomic E-state index is -0.0261. The number of nitrogens with one attached hydrogen (secondary N) is 1. The summed E-state index contributed by atoms with van der Waals surface area (Å²) in [6.07, 6.45) is 3.10. The number of benzene rings is 1. The Morgan fingerprint density at radius 3 is 2.88 bits per heavy atom. The molecule has 1 fully saturated rings. The van der Waals surface area contributed by atoms with Crippen LogP contribution < -0.4 is 10.9 Å². The molecule has 0 saturated heterocycles. The molecule has 1 aliphatic rings. The summed E-state index contributed by atoms with van der Waals surface area (Å²) in [6, 6.07) is 8.16. The number of fused-ring (bicyclic) bond motifs is 1. The minimum Gasteiger partial charge on any atom is -0.378 e. The molecule has 0 aliphatic heterocycles. The van der Waals surface area contributed by atoms with Crippen LogP contribution in [0.25, 0.3) is 10.8 Å². The second-order valence-corrected chi connectivity index (χ2v) is 7.34. The zero-order valence-corrected chi connectivity index (χ0v) is 15.0. The summed E-state index contributed by atoms with van der Waals surface area (Å²) in [5, 5.41) is 9.57. The molecule has 0 spiro atoms. The Labute approximate surface area is 143 Å². The van der Waals surface area contributed by atoms with Gasteiger partial charge in [0.2, 0.25) is 0 Å². The average molecular weight is 329 g/mol. The van der Waals surface area contributed by atoms with Gasteiger partial charge in [-0.25, -0.2) is 4.68 Å². The molecular weight excluding hydrogens is 302 g/mol. The van der Waals surface area contributed by atoms with E-state index in [1.165, 1.54) is 0 Å². The van der Waals surface area contributed by atoms with E-state index in [4.69, 9.17) is 4.74 Å². The first-order valence-corrected chi connectivity index (χ1v) is 8.76. The van der Waals surface area contributed by atoms with Gasteiger partial charge in [-0.2, -0.15) is 5.10 Å². The molecular formula is C19H27N3O2. The SMILES string of the molecule is CCO[C@@H]1C[C@H](N[C@H](C)Cn2ncc3ccccc3c2=O)C1(C)C. The molecule has 1 N–H and O–H groups in total. The van der Waals surface area contributed by atoms with Gasteiger partial charge in [0, 0.05) is 29.5 Å². The summed E-state index contributed by atoms with van der Waals surface area (Å²) < 4.78 is 7.34. The molecule has 1 aromatic heterocycles. The van der Waals surface area contributed by atoms with E-state index in [-0.39, 0.29) is 17.0 Å². The van der Waals surface area contributed by atoms with Crippen LogP contribution in [0.3, 0.4) is 0 Å². The molecule has 130 valence electrons. The highest BCUT2D eigenvalue weighted by Gasteiger charge is 2.48. The molecule has 5 heteroatoms. The number of rotatable bonds is 6. The molecule has 0 amide bonds. The van der Waals surface area contributed by atoms with E-state index in [2.05, 4.69) is 31.2 Å². The predicted octanol–water partition coefficient (Wildman–Crippen LogP) is 2.58. The van der Waals surface area contributed by atoms with Crippen LogP contribution in [0.15, 0.2) is 35.3 Å². The first kappa shape index (κ1) is 17.1. The Bertz CT molecular complexity index is 769. The summed E-state index contributed by atoms with van der Waals surface area (Å²) in [4.78, 5) is 12.6. The van der Waals surface area contributed by atoms with E-state index in [0.717, 1.165) is 23.8 Å². The van der Waals surface area contributed by atoms with Crippen molar-refractivity contribution in [3.8, 4) is 0 Å². The summed E-state index contributed by atoms with van der Waals surface area (Å²) >= 11 is 0. The van der Waals surface area contributed by atoms with Crippen molar-refractivity contribution < 1.29 is 4.74 Å². The Balaban J connectivity index is 1.67. The van der Waals surface area contributed by atoms with Gasteiger partial charge in [-0.1, -0.05) is 32.0 Å². The van der Waals surface area contributed by atoms with Crippen LogP contribution in [0.4, 0.5) is 0 Å². The third-order valence-corrected chi connectivity index (χ3v) is 5.24. The number of hydrogen-bond acceptors (Lipinski definition) is 4. The molecule has 2 aromatic rings. The van der Waals surface area contributed by atoms with Crippen molar-refractivity contribution in [2.45, 2.75) is 58.8 Å². The van der Waals surface area contributed by atoms with Gasteiger partial charge in [-0.15, -0.1) is 0 Å². The maximum Gasteiger partial charge on any atom is 0.274 e. The maximum absolute atomic E-state index is 12.6. The van der Waals surface area contributed by atoms with Crippen LogP contribution in [0.2, 0.25) is 0 Å². The summed E-state index contributed by atoms with van der Waals surface area (Å²) in [5.41, 5.74) is 0.0910. The lowest BCUT2D eigenvalue weighted by Crippen LogP contribution is -2.63. The Hall–Kier alpha value is -1.72. The van der Waals surface area contributed by atoms with Crippen LogP contribution in [0, 0.1) is 5.41 Å². The monoisotopic (exact) mass is 329 g/mol. The second kappa shape index (κ2) is 6.65. The summed E-state index contributed by atoms with van der Waals surface area (Å²) in [6.45, 7) is 9.94. The van der Waals surface area contributed by atoms with Crippen molar-refractivity contribution in [2.75, 3.05) is 6.61 Å². The first-order valence-electron chi connectivity index (χ1n) is 8.76. The highest BCUT2D eigenvalue weighted by molar-refractivity contribution is 5.80. The topological polar surface area (TPSA) is 56.1 Å². The molecule has 0 bridgehead atoms. The molecule has 1 aliphatic carbocycles. The van der Waals surface area contributed by atoms with E-state index in [0.29, 0.717) is 18.7 Å². The molecule has 3 rings (SSSR count). The molecule has 5 nitrogen and oxygen atoms in total. The normalized spacial score (nSPS) is 23.8. The lowest BCUT2D eigenvalue weighted by molar-refractivity contribution is -0.116. The average Bonchev–Trinajstić information content (AvgIpc) is 2.57. The fraction of sp³-hybridized carbons (Fsp3) is 0.579. The van der Waals surface area contributed by atoms with Crippen LogP contribution >= 0.6 is 0 Å². The number of ether oxygens (including phenoxy) is 1. The Morgan fingerprint density at radius 1 is 1.42 bits per heavy atom. The van der Waals surface area contributed by atoms with Gasteiger partial charge in [0.05, 0.1) is 24.2 Å². The largest absolute Gasteiger partial charge is 0.378 e. The van der Waals surface area contributed by atoms with Crippen LogP contribution in [-0.4, -0.2) is 34.6 Å². The van der Waals surface area contributed by atoms with E-state index >= 15 is 0 Å². The smallest absolute Gasteiger partial charge is 0.274 e. The van der Waals surface area contributed by atoms with Crippen molar-refractivity contribution in [3.63, 3.8) is 0 Å². The lowest BCUT2D eigenvalue weighted by atomic mass is 9.64. The Morgan fingerprint density at radius 2 is 2.17 bits per heavy atom. The Kier molecular flexibility index (Phi) is 4.74. The number of hydrogen-bond donors (Lipinski definition) is 1. The molecule has 3 atom stereocenters. The van der Waals surface area contributed by atoms with Gasteiger partial charge in [0.1, 0.15) is 0 Å². The number of aromatic nitrogens is 2. The summed E-state index contributed by atoms with van der Waals surface area (Å²) in [7, 11) is 0. The van der Waals surface area contributed by atoms with E-state index in [1.807, 2.05) is 31.2 Å². The molecule has 0 unspecified atom stereocenters. The van der Waals surface area contributed by atoms with Crippen molar-refractivity contribution in [3.05, 3.63) is 40.8 Å². The fourth-order valence-corrected chi connectivity index (χ4v) is 3.57. The highest BCUT2D eigenvalue weighted by atomic mass is 16.5. The molecule has 1 aromatic carbocycles. The molecule has 24 heavy (non-hydrogen) atoms. The van der Waals surface area contributed by atoms with Gasteiger partial charge >= 0.3 is 0 Å². The van der Waals surface area contributed by atoms with Gasteiger partial charge < -0.3 is 10.1 Å². The molecule has 1 saturated carbocycles. The van der Waals surface area contributed by atoms with E-state index in [1.54, 1.807) is 10.9 Å². The van der Waals surface area contributed by atoms with Gasteiger partial charge in [0.15, 0.2) is 0 Å². The lowest BCUT2D eigenvalue weighted by Gasteiger charge is -2.52. The standard InChI is InChI=1S/C19H27N3O2/c1-5-24-17-10-16(19(17,3)4)21-13(2)12-22-18(23)15-9-7-6-8-14(15)11-20-22/h6-9,11,13,16-17,21H,5,10,12H2,1-4H3/t13-,16+,17-/m1/s1. The first-order chi connectivity index (χ1) is 11.4. The van der Waals surface area contributed by atoms with Crippen molar-refractivity contribution in [1.82, 2.24) is 15.1 Å². The van der Waals surface area contributed by atoms with E-state index in [9.17, 15) is 4.79 Å². The quantitative estimate of drug-likeness (QED) is 0.885. The number of nitrogens with zero attached hydrogens (tertiary/aromatic N) is 2. The molecule has 1 heterocycles. The van der Waals surface area contributed by atoms with Crippen LogP contribution in [0.5, 0.6) is 0 Å². The predicted molar refractivity (Wildman–Crippen MR) is 96.2 cm³/mol. The zero-order valence-electron chi connectivity index (χ0n) is 15.0. The molecule has 0 radical (unpaired) electrons. The van der Waals surface area contributed by atoms with Gasteiger partial charge in [-0.05, 0) is 26.3 Å². The maximum atomic E-state index is 12.6. The second-order valence-electron chi connectivity index (χ2n) is 7.34. The third kappa shape index (κ3) is 3.10. The van der Waals surface area contributed by atoms with Gasteiger partial charge in [-0.3, -0.25) is 4.79 Å². The van der Waals surface area contributed by atoms with Crippen molar-refractivity contribution in [2.24, 2.45) is 5.41 Å². The third-order valence-electron chi connectivity index (χ3n) is 5.24. The van der Waals surface area contributed by atoms with E-state index < -0.39 is 0 Å². The van der Waals surface area contributed by atoms with Crippen LogP contribution in [-0.2, 0) is 11.3 Å². The van der Waals surface area contributed by atoms with Gasteiger partial charge in [0.25, 0.3) is 5.56 Å². The highest BCUT2D eigenvalue weighted by Crippen LogP contribution is 2.42. The van der Waals surface area contributed by atoms with Crippen molar-refractivity contribution in [1.29, 1.82) is 0 Å². The van der Waals surface area contributed by atoms with Crippen molar-refractivity contribution >= 4 is 10.8 Å². The minimum absolute atomic E-state index is 0.0261. The summed E-state index contributed by atoms with van der Waals surface area (Å²) in [5.74, 6) is 0. The zero-order chi connectivity index (χ0) is 17.3.